The SMILES string of the molecule is CCNC(=O)N1CCCC(NS(=O)(=O)S(C)(=O)=O)C1Cc1cccc(Oc2ccccc2)c1. The Balaban J connectivity index is 1.88. The minimum absolute atomic E-state index is 0.317. The molecule has 0 radical (unpaired) electrons. The number of rotatable bonds is 8. The molecule has 1 fully saturated rings. The van der Waals surface area contributed by atoms with Gasteiger partial charge >= 0.3 is 15.1 Å². The van der Waals surface area contributed by atoms with Gasteiger partial charge in [-0.2, -0.15) is 13.1 Å². The van der Waals surface area contributed by atoms with Crippen LogP contribution in [-0.2, 0) is 24.3 Å². The van der Waals surface area contributed by atoms with Crippen LogP contribution in [0, 0.1) is 0 Å². The highest BCUT2D eigenvalue weighted by Gasteiger charge is 2.38. The van der Waals surface area contributed by atoms with E-state index in [0.717, 1.165) is 5.56 Å². The molecule has 2 atom stereocenters. The standard InChI is InChI=1S/C22H29N3O6S2/c1-3-23-22(26)25-14-8-13-20(24-33(29,30)32(2,27)28)21(25)16-17-9-7-12-19(15-17)31-18-10-5-4-6-11-18/h4-7,9-12,15,20-21,24H,3,8,13-14,16H2,1-2H3,(H,23,26). The Morgan fingerprint density at radius 3 is 2.42 bits per heavy atom. The Morgan fingerprint density at radius 1 is 1.06 bits per heavy atom. The summed E-state index contributed by atoms with van der Waals surface area (Å²) in [6, 6.07) is 15.0. The summed E-state index contributed by atoms with van der Waals surface area (Å²) in [4.78, 5) is 14.3. The van der Waals surface area contributed by atoms with Gasteiger partial charge in [0.2, 0.25) is 0 Å². The molecular weight excluding hydrogens is 466 g/mol. The third kappa shape index (κ3) is 6.46. The second kappa shape index (κ2) is 10.5. The lowest BCUT2D eigenvalue weighted by Gasteiger charge is -2.41. The van der Waals surface area contributed by atoms with Gasteiger partial charge in [0.05, 0.1) is 12.3 Å². The largest absolute Gasteiger partial charge is 0.457 e. The molecule has 1 saturated heterocycles. The first-order chi connectivity index (χ1) is 15.6. The smallest absolute Gasteiger partial charge is 0.317 e. The number of amides is 2. The highest BCUT2D eigenvalue weighted by Crippen LogP contribution is 2.26. The zero-order chi connectivity index (χ0) is 24.1. The third-order valence-electron chi connectivity index (χ3n) is 5.38. The molecule has 3 rings (SSSR count). The maximum atomic E-state index is 12.7. The molecule has 0 saturated carbocycles. The molecule has 9 nitrogen and oxygen atoms in total. The van der Waals surface area contributed by atoms with Gasteiger partial charge in [-0.15, -0.1) is 0 Å². The van der Waals surface area contributed by atoms with Gasteiger partial charge in [0.1, 0.15) is 11.5 Å². The number of hydrogen-bond donors (Lipinski definition) is 2. The topological polar surface area (TPSA) is 122 Å². The van der Waals surface area contributed by atoms with E-state index in [1.807, 2.05) is 54.6 Å². The summed E-state index contributed by atoms with van der Waals surface area (Å²) in [6.45, 7) is 2.65. The van der Waals surface area contributed by atoms with Crippen molar-refractivity contribution in [2.45, 2.75) is 38.3 Å². The highest BCUT2D eigenvalue weighted by atomic mass is 33.2. The van der Waals surface area contributed by atoms with Crippen LogP contribution in [0.4, 0.5) is 4.79 Å². The molecule has 33 heavy (non-hydrogen) atoms. The number of nitrogens with one attached hydrogen (secondary N) is 2. The van der Waals surface area contributed by atoms with Crippen LogP contribution in [0.3, 0.4) is 0 Å². The highest BCUT2D eigenvalue weighted by molar-refractivity contribution is 8.66. The lowest BCUT2D eigenvalue weighted by Crippen LogP contribution is -2.60. The molecule has 2 amide bonds. The van der Waals surface area contributed by atoms with E-state index in [2.05, 4.69) is 10.0 Å². The maximum absolute atomic E-state index is 12.7. The molecule has 2 N–H and O–H groups in total. The van der Waals surface area contributed by atoms with Gasteiger partial charge in [-0.25, -0.2) is 13.2 Å². The summed E-state index contributed by atoms with van der Waals surface area (Å²) in [7, 11) is -8.96. The van der Waals surface area contributed by atoms with Crippen LogP contribution in [0.1, 0.15) is 25.3 Å². The number of likely N-dealkylation sites (tertiary alicyclic amines) is 1. The summed E-state index contributed by atoms with van der Waals surface area (Å²) in [5, 5.41) is 2.76. The first kappa shape index (κ1) is 25.0. The molecule has 0 aromatic heterocycles. The molecule has 0 spiro atoms. The summed E-state index contributed by atoms with van der Waals surface area (Å²) in [6.07, 6.45) is 1.93. The lowest BCUT2D eigenvalue weighted by atomic mass is 9.91. The number of hydrogen-bond acceptors (Lipinski definition) is 6. The van der Waals surface area contributed by atoms with Crippen LogP contribution >= 0.6 is 0 Å². The van der Waals surface area contributed by atoms with Crippen molar-refractivity contribution in [1.82, 2.24) is 14.9 Å². The Kier molecular flexibility index (Phi) is 7.98. The predicted octanol–water partition coefficient (Wildman–Crippen LogP) is 2.46. The van der Waals surface area contributed by atoms with Crippen LogP contribution in [0.5, 0.6) is 11.5 Å². The lowest BCUT2D eigenvalue weighted by molar-refractivity contribution is 0.134. The summed E-state index contributed by atoms with van der Waals surface area (Å²) >= 11 is 0. The Bertz CT molecular complexity index is 1170. The number of para-hydroxylation sites is 1. The number of carbonyl (C=O) groups excluding carboxylic acids is 1. The van der Waals surface area contributed by atoms with Crippen molar-refractivity contribution in [3.8, 4) is 11.5 Å². The van der Waals surface area contributed by atoms with Crippen molar-refractivity contribution in [3.63, 3.8) is 0 Å². The first-order valence-corrected chi connectivity index (χ1v) is 14.6. The van der Waals surface area contributed by atoms with E-state index in [1.165, 1.54) is 0 Å². The van der Waals surface area contributed by atoms with Crippen molar-refractivity contribution < 1.29 is 26.4 Å². The Hall–Kier alpha value is -2.63. The van der Waals surface area contributed by atoms with Gasteiger partial charge in [0.15, 0.2) is 0 Å². The molecule has 2 aromatic rings. The van der Waals surface area contributed by atoms with Crippen molar-refractivity contribution in [2.75, 3.05) is 19.3 Å². The molecule has 2 aromatic carbocycles. The monoisotopic (exact) mass is 495 g/mol. The van der Waals surface area contributed by atoms with Gasteiger partial charge < -0.3 is 15.0 Å². The zero-order valence-corrected chi connectivity index (χ0v) is 20.2. The van der Waals surface area contributed by atoms with Crippen molar-refractivity contribution >= 4 is 24.0 Å². The number of urea groups is 1. The summed E-state index contributed by atoms with van der Waals surface area (Å²) < 4.78 is 56.4. The summed E-state index contributed by atoms with van der Waals surface area (Å²) in [5.74, 6) is 1.28. The number of ether oxygens (including phenoxy) is 1. The van der Waals surface area contributed by atoms with E-state index in [4.69, 9.17) is 4.74 Å². The number of benzene rings is 2. The third-order valence-corrected chi connectivity index (χ3v) is 9.45. The molecule has 0 bridgehead atoms. The second-order valence-electron chi connectivity index (χ2n) is 7.89. The minimum atomic E-state index is -4.59. The van der Waals surface area contributed by atoms with Gasteiger partial charge in [-0.1, -0.05) is 30.3 Å². The van der Waals surface area contributed by atoms with Crippen molar-refractivity contribution in [3.05, 3.63) is 60.2 Å². The zero-order valence-electron chi connectivity index (χ0n) is 18.6. The van der Waals surface area contributed by atoms with Crippen LogP contribution in [0.15, 0.2) is 54.6 Å². The van der Waals surface area contributed by atoms with E-state index in [0.29, 0.717) is 50.1 Å². The fourth-order valence-electron chi connectivity index (χ4n) is 3.83. The molecule has 1 aliphatic heterocycles. The number of nitrogens with zero attached hydrogens (tertiary/aromatic N) is 1. The Morgan fingerprint density at radius 2 is 1.76 bits per heavy atom. The first-order valence-electron chi connectivity index (χ1n) is 10.7. The molecule has 180 valence electrons. The van der Waals surface area contributed by atoms with Crippen molar-refractivity contribution in [2.24, 2.45) is 0 Å². The molecule has 2 unspecified atom stereocenters. The van der Waals surface area contributed by atoms with E-state index in [1.54, 1.807) is 11.8 Å². The van der Waals surface area contributed by atoms with Crippen LogP contribution < -0.4 is 14.8 Å². The van der Waals surface area contributed by atoms with E-state index < -0.39 is 30.0 Å². The second-order valence-corrected chi connectivity index (χ2v) is 13.6. The van der Waals surface area contributed by atoms with Crippen molar-refractivity contribution in [1.29, 1.82) is 0 Å². The quantitative estimate of drug-likeness (QED) is 0.543. The van der Waals surface area contributed by atoms with Gasteiger partial charge in [-0.3, -0.25) is 0 Å². The normalized spacial score (nSPS) is 19.2. The van der Waals surface area contributed by atoms with Crippen LogP contribution in [0.2, 0.25) is 0 Å². The van der Waals surface area contributed by atoms with E-state index >= 15 is 0 Å². The fraction of sp³-hybridized carbons (Fsp3) is 0.409. The molecular formula is C22H29N3O6S2. The van der Waals surface area contributed by atoms with E-state index in [9.17, 15) is 21.6 Å². The van der Waals surface area contributed by atoms with Crippen LogP contribution in [0.25, 0.3) is 0 Å². The number of carbonyl (C=O) groups is 1. The van der Waals surface area contributed by atoms with Gasteiger partial charge in [0.25, 0.3) is 8.87 Å². The summed E-state index contributed by atoms with van der Waals surface area (Å²) in [5.41, 5.74) is 0.827. The molecule has 11 heteroatoms. The van der Waals surface area contributed by atoms with E-state index in [-0.39, 0.29) is 6.03 Å². The maximum Gasteiger partial charge on any atom is 0.317 e. The van der Waals surface area contributed by atoms with Crippen LogP contribution in [-0.4, -0.2) is 59.2 Å². The molecule has 1 aliphatic rings. The average Bonchev–Trinajstić information content (AvgIpc) is 2.75. The van der Waals surface area contributed by atoms with Gasteiger partial charge in [-0.05, 0) is 56.0 Å². The predicted molar refractivity (Wildman–Crippen MR) is 126 cm³/mol. The number of piperidine rings is 1. The Labute approximate surface area is 194 Å². The average molecular weight is 496 g/mol. The molecule has 0 aliphatic carbocycles. The van der Waals surface area contributed by atoms with Gasteiger partial charge in [0, 0.05) is 19.1 Å². The fourth-order valence-corrected chi connectivity index (χ4v) is 5.54. The minimum Gasteiger partial charge on any atom is -0.457 e. The molecule has 1 heterocycles.